The average molecular weight is 481 g/mol. The van der Waals surface area contributed by atoms with E-state index in [0.717, 1.165) is 22.8 Å². The van der Waals surface area contributed by atoms with Gasteiger partial charge in [0.25, 0.3) is 0 Å². The molecule has 166 valence electrons. The van der Waals surface area contributed by atoms with E-state index >= 15 is 0 Å². The van der Waals surface area contributed by atoms with Crippen molar-refractivity contribution >= 4 is 45.4 Å². The first-order valence-electron chi connectivity index (χ1n) is 11.1. The van der Waals surface area contributed by atoms with Gasteiger partial charge in [-0.05, 0) is 83.7 Å². The van der Waals surface area contributed by atoms with Crippen LogP contribution in [0.3, 0.4) is 0 Å². The first kappa shape index (κ1) is 20.9. The summed E-state index contributed by atoms with van der Waals surface area (Å²) in [6, 6.07) is 32.8. The molecular weight excluding hydrogens is 460 g/mol. The van der Waals surface area contributed by atoms with E-state index in [1.165, 1.54) is 10.8 Å². The van der Waals surface area contributed by atoms with E-state index in [9.17, 15) is 0 Å². The van der Waals surface area contributed by atoms with Crippen LogP contribution in [0.15, 0.2) is 109 Å². The fraction of sp³-hybridized carbons (Fsp3) is 0.0714. The van der Waals surface area contributed by atoms with Gasteiger partial charge in [-0.2, -0.15) is 0 Å². The lowest BCUT2D eigenvalue weighted by Gasteiger charge is -2.29. The molecule has 0 saturated carbocycles. The fourth-order valence-corrected chi connectivity index (χ4v) is 5.20. The smallest absolute Gasteiger partial charge is 0.174 e. The molecule has 2 atom stereocenters. The Hall–Kier alpha value is -3.67. The molecule has 1 N–H and O–H groups in total. The second-order valence-corrected chi connectivity index (χ2v) is 9.13. The first-order chi connectivity index (χ1) is 16.7. The Labute approximate surface area is 208 Å². The van der Waals surface area contributed by atoms with E-state index in [2.05, 4.69) is 80.6 Å². The van der Waals surface area contributed by atoms with Crippen molar-refractivity contribution in [1.82, 2.24) is 14.9 Å². The van der Waals surface area contributed by atoms with Gasteiger partial charge in [-0.15, -0.1) is 0 Å². The van der Waals surface area contributed by atoms with Crippen molar-refractivity contribution in [2.45, 2.75) is 12.1 Å². The maximum absolute atomic E-state index is 6.19. The molecular formula is C28H21ClN4S. The number of hydrogen-bond acceptors (Lipinski definition) is 2. The van der Waals surface area contributed by atoms with Crippen LogP contribution in [0.2, 0.25) is 5.02 Å². The molecule has 6 heteroatoms. The zero-order valence-corrected chi connectivity index (χ0v) is 19.7. The van der Waals surface area contributed by atoms with Crippen molar-refractivity contribution in [3.05, 3.63) is 126 Å². The maximum atomic E-state index is 6.19. The number of rotatable bonds is 4. The molecule has 3 heterocycles. The number of pyridine rings is 1. The Bertz CT molecular complexity index is 1480. The van der Waals surface area contributed by atoms with Gasteiger partial charge in [0, 0.05) is 34.5 Å². The number of fused-ring (bicyclic) bond motifs is 1. The van der Waals surface area contributed by atoms with Gasteiger partial charge in [-0.25, -0.2) is 0 Å². The molecule has 4 nitrogen and oxygen atoms in total. The third-order valence-corrected chi connectivity index (χ3v) is 6.86. The van der Waals surface area contributed by atoms with Crippen LogP contribution >= 0.6 is 23.8 Å². The summed E-state index contributed by atoms with van der Waals surface area (Å²) < 4.78 is 2.24. The van der Waals surface area contributed by atoms with E-state index in [1.54, 1.807) is 0 Å². The number of benzene rings is 3. The number of nitrogens with zero attached hydrogens (tertiary/aromatic N) is 3. The Morgan fingerprint density at radius 3 is 2.35 bits per heavy atom. The summed E-state index contributed by atoms with van der Waals surface area (Å²) >= 11 is 12.0. The lowest BCUT2D eigenvalue weighted by molar-refractivity contribution is 0.549. The number of aromatic nitrogens is 2. The highest BCUT2D eigenvalue weighted by Gasteiger charge is 2.42. The summed E-state index contributed by atoms with van der Waals surface area (Å²) in [7, 11) is 0. The monoisotopic (exact) mass is 480 g/mol. The normalized spacial score (nSPS) is 17.8. The molecule has 1 saturated heterocycles. The number of halogens is 1. The van der Waals surface area contributed by atoms with Gasteiger partial charge in [0.1, 0.15) is 6.04 Å². The molecule has 3 aromatic carbocycles. The topological polar surface area (TPSA) is 33.1 Å². The first-order valence-corrected chi connectivity index (χ1v) is 11.9. The van der Waals surface area contributed by atoms with Crippen molar-refractivity contribution in [2.24, 2.45) is 0 Å². The number of anilines is 1. The van der Waals surface area contributed by atoms with Gasteiger partial charge in [0.05, 0.1) is 11.7 Å². The second kappa shape index (κ2) is 8.60. The van der Waals surface area contributed by atoms with Crippen LogP contribution in [0.5, 0.6) is 0 Å². The van der Waals surface area contributed by atoms with E-state index in [4.69, 9.17) is 23.8 Å². The number of nitrogens with one attached hydrogen (secondary N) is 1. The lowest BCUT2D eigenvalue weighted by atomic mass is 10.0. The Morgan fingerprint density at radius 2 is 1.56 bits per heavy atom. The zero-order chi connectivity index (χ0) is 23.1. The van der Waals surface area contributed by atoms with Crippen LogP contribution < -0.4 is 10.2 Å². The molecule has 2 aromatic heterocycles. The van der Waals surface area contributed by atoms with Gasteiger partial charge < -0.3 is 14.8 Å². The number of hydrogen-bond donors (Lipinski definition) is 1. The summed E-state index contributed by atoms with van der Waals surface area (Å²) in [5.41, 5.74) is 4.15. The second-order valence-electron chi connectivity index (χ2n) is 8.31. The Morgan fingerprint density at radius 1 is 0.794 bits per heavy atom. The van der Waals surface area contributed by atoms with Crippen molar-refractivity contribution in [3.63, 3.8) is 0 Å². The molecule has 1 aliphatic heterocycles. The van der Waals surface area contributed by atoms with Crippen LogP contribution in [0.25, 0.3) is 16.5 Å². The molecule has 34 heavy (non-hydrogen) atoms. The van der Waals surface area contributed by atoms with Gasteiger partial charge >= 0.3 is 0 Å². The summed E-state index contributed by atoms with van der Waals surface area (Å²) in [4.78, 5) is 6.83. The minimum absolute atomic E-state index is 0.106. The van der Waals surface area contributed by atoms with Crippen molar-refractivity contribution in [2.75, 3.05) is 4.90 Å². The summed E-state index contributed by atoms with van der Waals surface area (Å²) in [6.07, 6.45) is 3.93. The van der Waals surface area contributed by atoms with Crippen LogP contribution in [0.4, 0.5) is 5.69 Å². The standard InChI is InChI=1S/C28H21ClN4S/c29-21-11-14-22(15-12-21)33-27(26(31-28(33)34)24-8-3-4-16-30-24)25-9-5-17-32(25)23-13-10-19-6-1-2-7-20(19)18-23/h1-18,26-27H,(H,31,34)/t26-,27+/m0/s1. The van der Waals surface area contributed by atoms with Crippen LogP contribution in [-0.4, -0.2) is 14.7 Å². The molecule has 0 bridgehead atoms. The molecule has 0 unspecified atom stereocenters. The van der Waals surface area contributed by atoms with Crippen molar-refractivity contribution in [3.8, 4) is 5.69 Å². The predicted octanol–water partition coefficient (Wildman–Crippen LogP) is 6.86. The van der Waals surface area contributed by atoms with E-state index in [-0.39, 0.29) is 12.1 Å². The van der Waals surface area contributed by atoms with Gasteiger partial charge in [-0.1, -0.05) is 48.0 Å². The molecule has 1 aliphatic rings. The fourth-order valence-electron chi connectivity index (χ4n) is 4.73. The van der Waals surface area contributed by atoms with Crippen molar-refractivity contribution in [1.29, 1.82) is 0 Å². The minimum Gasteiger partial charge on any atom is -0.351 e. The quantitative estimate of drug-likeness (QED) is 0.285. The van der Waals surface area contributed by atoms with Gasteiger partial charge in [0.15, 0.2) is 5.11 Å². The average Bonchev–Trinajstić information content (AvgIpc) is 3.49. The van der Waals surface area contributed by atoms with Gasteiger partial charge in [-0.3, -0.25) is 4.98 Å². The predicted molar refractivity (Wildman–Crippen MR) is 143 cm³/mol. The molecule has 0 aliphatic carbocycles. The van der Waals surface area contributed by atoms with E-state index < -0.39 is 0 Å². The van der Waals surface area contributed by atoms with Crippen LogP contribution in [0, 0.1) is 0 Å². The molecule has 0 radical (unpaired) electrons. The highest BCUT2D eigenvalue weighted by atomic mass is 35.5. The molecule has 0 spiro atoms. The van der Waals surface area contributed by atoms with Crippen LogP contribution in [0.1, 0.15) is 23.5 Å². The Kier molecular flexibility index (Phi) is 5.28. The molecule has 6 rings (SSSR count). The van der Waals surface area contributed by atoms with E-state index in [0.29, 0.717) is 10.1 Å². The zero-order valence-electron chi connectivity index (χ0n) is 18.2. The molecule has 1 fully saturated rings. The van der Waals surface area contributed by atoms with Gasteiger partial charge in [0.2, 0.25) is 0 Å². The summed E-state index contributed by atoms with van der Waals surface area (Å²) in [5.74, 6) is 0. The summed E-state index contributed by atoms with van der Waals surface area (Å²) in [5, 5.41) is 7.31. The number of thiocarbonyl (C=S) groups is 1. The summed E-state index contributed by atoms with van der Waals surface area (Å²) in [6.45, 7) is 0. The maximum Gasteiger partial charge on any atom is 0.174 e. The molecule has 0 amide bonds. The lowest BCUT2D eigenvalue weighted by Crippen LogP contribution is -2.30. The highest BCUT2D eigenvalue weighted by Crippen LogP contribution is 2.42. The SMILES string of the molecule is S=C1N[C@@H](c2ccccn2)[C@@H](c2cccn2-c2ccc3ccccc3c2)N1c1ccc(Cl)cc1. The highest BCUT2D eigenvalue weighted by molar-refractivity contribution is 7.80. The molecule has 5 aromatic rings. The van der Waals surface area contributed by atoms with E-state index in [1.807, 2.05) is 48.7 Å². The third-order valence-electron chi connectivity index (χ3n) is 6.30. The van der Waals surface area contributed by atoms with Crippen molar-refractivity contribution < 1.29 is 0 Å². The largest absolute Gasteiger partial charge is 0.351 e. The third kappa shape index (κ3) is 3.63. The Balaban J connectivity index is 1.51. The van der Waals surface area contributed by atoms with Crippen LogP contribution in [-0.2, 0) is 0 Å². The minimum atomic E-state index is -0.113.